The predicted octanol–water partition coefficient (Wildman–Crippen LogP) is -0.221. The number of rotatable bonds is 2. The maximum Gasteiger partial charge on any atom is 0.314 e. The molecule has 0 saturated heterocycles. The fraction of sp³-hybridized carbons (Fsp3) is 0.667. The second-order valence-electron chi connectivity index (χ2n) is 1.08. The molecule has 0 bridgehead atoms. The first-order chi connectivity index (χ1) is 3.12. The molecule has 0 aromatic carbocycles. The lowest BCUT2D eigenvalue weighted by Crippen LogP contribution is -2.28. The zero-order valence-corrected chi connectivity index (χ0v) is 3.53. The number of halogens is 2. The maximum atomic E-state index is 11.4. The zero-order chi connectivity index (χ0) is 5.91. The summed E-state index contributed by atoms with van der Waals surface area (Å²) in [6.07, 6.45) is -0.465. The molecule has 42 valence electrons. The Bertz CT molecular complexity index is 73.3. The van der Waals surface area contributed by atoms with Gasteiger partial charge in [-0.2, -0.15) is 8.78 Å². The van der Waals surface area contributed by atoms with Gasteiger partial charge in [0.2, 0.25) is 0 Å². The van der Waals surface area contributed by atoms with Gasteiger partial charge in [0.25, 0.3) is 0 Å². The monoisotopic (exact) mass is 109 g/mol. The average Bonchev–Trinajstić information content (AvgIpc) is 1.68. The molecule has 0 atom stereocenters. The molecule has 0 rings (SSSR count). The van der Waals surface area contributed by atoms with Crippen LogP contribution in [0.15, 0.2) is 0 Å². The van der Waals surface area contributed by atoms with E-state index in [-0.39, 0.29) is 0 Å². The van der Waals surface area contributed by atoms with Crippen molar-refractivity contribution in [2.75, 3.05) is 6.54 Å². The fourth-order valence-corrected chi connectivity index (χ4v) is 0.0481. The first-order valence-corrected chi connectivity index (χ1v) is 1.66. The predicted molar refractivity (Wildman–Crippen MR) is 20.1 cm³/mol. The van der Waals surface area contributed by atoms with Crippen molar-refractivity contribution in [1.82, 2.24) is 0 Å². The summed E-state index contributed by atoms with van der Waals surface area (Å²) in [5, 5.41) is 0. The van der Waals surface area contributed by atoms with Crippen LogP contribution in [-0.2, 0) is 4.79 Å². The van der Waals surface area contributed by atoms with Gasteiger partial charge < -0.3 is 5.73 Å². The molecule has 4 heteroatoms. The molecule has 7 heavy (non-hydrogen) atoms. The lowest BCUT2D eigenvalue weighted by Gasteiger charge is -2.00. The Labute approximate surface area is 39.3 Å². The van der Waals surface area contributed by atoms with Crippen molar-refractivity contribution in [3.8, 4) is 0 Å². The first-order valence-electron chi connectivity index (χ1n) is 1.66. The Balaban J connectivity index is 3.58. The van der Waals surface area contributed by atoms with Crippen molar-refractivity contribution in [3.63, 3.8) is 0 Å². The highest BCUT2D eigenvalue weighted by Crippen LogP contribution is 2.04. The second kappa shape index (κ2) is 1.97. The van der Waals surface area contributed by atoms with Crippen LogP contribution in [0.25, 0.3) is 0 Å². The van der Waals surface area contributed by atoms with Crippen LogP contribution in [0.3, 0.4) is 0 Å². The minimum Gasteiger partial charge on any atom is -0.325 e. The Hall–Kier alpha value is -0.510. The minimum absolute atomic E-state index is 0.465. The van der Waals surface area contributed by atoms with E-state index in [1.54, 1.807) is 0 Å². The summed E-state index contributed by atoms with van der Waals surface area (Å²) in [5.41, 5.74) is 4.44. The normalized spacial score (nSPS) is 11.3. The van der Waals surface area contributed by atoms with Gasteiger partial charge in [0.05, 0.1) is 6.54 Å². The van der Waals surface area contributed by atoms with Gasteiger partial charge in [-0.15, -0.1) is 0 Å². The van der Waals surface area contributed by atoms with Crippen LogP contribution < -0.4 is 5.73 Å². The average molecular weight is 109 g/mol. The molecule has 0 unspecified atom stereocenters. The van der Waals surface area contributed by atoms with E-state index >= 15 is 0 Å². The van der Waals surface area contributed by atoms with E-state index in [1.807, 2.05) is 0 Å². The van der Waals surface area contributed by atoms with E-state index in [2.05, 4.69) is 5.73 Å². The number of nitrogens with two attached hydrogens (primary N) is 1. The van der Waals surface area contributed by atoms with Gasteiger partial charge in [0, 0.05) is 0 Å². The summed E-state index contributed by atoms with van der Waals surface area (Å²) >= 11 is 0. The molecule has 2 nitrogen and oxygen atoms in total. The van der Waals surface area contributed by atoms with Gasteiger partial charge in [-0.1, -0.05) is 0 Å². The summed E-state index contributed by atoms with van der Waals surface area (Å²) in [6, 6.07) is 0. The van der Waals surface area contributed by atoms with Crippen molar-refractivity contribution in [3.05, 3.63) is 0 Å². The number of carbonyl (C=O) groups is 1. The lowest BCUT2D eigenvalue weighted by molar-refractivity contribution is -0.127. The van der Waals surface area contributed by atoms with Gasteiger partial charge in [-0.3, -0.25) is 4.79 Å². The minimum atomic E-state index is -3.32. The number of hydrogen-bond acceptors (Lipinski definition) is 2. The topological polar surface area (TPSA) is 43.1 Å². The maximum absolute atomic E-state index is 11.4. The molecule has 0 radical (unpaired) electrons. The third kappa shape index (κ3) is 2.22. The van der Waals surface area contributed by atoms with Gasteiger partial charge in [0.1, 0.15) is 0 Å². The molecular weight excluding hydrogens is 104 g/mol. The molecule has 0 heterocycles. The summed E-state index contributed by atoms with van der Waals surface area (Å²) in [5.74, 6) is -3.32. The molecule has 0 spiro atoms. The van der Waals surface area contributed by atoms with E-state index in [9.17, 15) is 13.6 Å². The SMILES string of the molecule is NCC(F)(F)C=O. The molecule has 0 aliphatic rings. The molecular formula is C3H5F2NO. The highest BCUT2D eigenvalue weighted by molar-refractivity contribution is 5.59. The van der Waals surface area contributed by atoms with Crippen LogP contribution in [-0.4, -0.2) is 18.8 Å². The van der Waals surface area contributed by atoms with Crippen LogP contribution in [0.2, 0.25) is 0 Å². The second-order valence-corrected chi connectivity index (χ2v) is 1.08. The van der Waals surface area contributed by atoms with E-state index in [0.717, 1.165) is 0 Å². The molecule has 0 aromatic rings. The molecule has 0 amide bonds. The van der Waals surface area contributed by atoms with Crippen LogP contribution in [0, 0.1) is 0 Å². The van der Waals surface area contributed by atoms with Crippen molar-refractivity contribution in [1.29, 1.82) is 0 Å². The van der Waals surface area contributed by atoms with E-state index < -0.39 is 18.8 Å². The molecule has 0 saturated carbocycles. The Morgan fingerprint density at radius 2 is 2.14 bits per heavy atom. The van der Waals surface area contributed by atoms with Crippen molar-refractivity contribution in [2.24, 2.45) is 5.73 Å². The van der Waals surface area contributed by atoms with E-state index in [1.165, 1.54) is 0 Å². The third-order valence-electron chi connectivity index (χ3n) is 0.445. The molecule has 2 N–H and O–H groups in total. The van der Waals surface area contributed by atoms with Crippen LogP contribution in [0.5, 0.6) is 0 Å². The smallest absolute Gasteiger partial charge is 0.314 e. The van der Waals surface area contributed by atoms with E-state index in [4.69, 9.17) is 0 Å². The van der Waals surface area contributed by atoms with Crippen LogP contribution in [0.4, 0.5) is 8.78 Å². The first kappa shape index (κ1) is 6.49. The number of alkyl halides is 2. The molecule has 0 aliphatic carbocycles. The number of hydrogen-bond donors (Lipinski definition) is 1. The molecule has 0 fully saturated rings. The largest absolute Gasteiger partial charge is 0.325 e. The third-order valence-corrected chi connectivity index (χ3v) is 0.445. The summed E-state index contributed by atoms with van der Waals surface area (Å²) < 4.78 is 22.8. The van der Waals surface area contributed by atoms with Crippen LogP contribution in [0.1, 0.15) is 0 Å². The highest BCUT2D eigenvalue weighted by atomic mass is 19.3. The van der Waals surface area contributed by atoms with Crippen molar-refractivity contribution in [2.45, 2.75) is 5.92 Å². The Morgan fingerprint density at radius 3 is 2.14 bits per heavy atom. The quantitative estimate of drug-likeness (QED) is 0.498. The van der Waals surface area contributed by atoms with Crippen molar-refractivity contribution >= 4 is 6.29 Å². The van der Waals surface area contributed by atoms with Gasteiger partial charge in [-0.05, 0) is 0 Å². The van der Waals surface area contributed by atoms with Crippen molar-refractivity contribution < 1.29 is 13.6 Å². The Kier molecular flexibility index (Phi) is 1.83. The number of aldehydes is 1. The zero-order valence-electron chi connectivity index (χ0n) is 3.53. The highest BCUT2D eigenvalue weighted by Gasteiger charge is 2.24. The van der Waals surface area contributed by atoms with Crippen LogP contribution >= 0.6 is 0 Å². The van der Waals surface area contributed by atoms with Gasteiger partial charge in [-0.25, -0.2) is 0 Å². The van der Waals surface area contributed by atoms with Gasteiger partial charge in [0.15, 0.2) is 6.29 Å². The van der Waals surface area contributed by atoms with Gasteiger partial charge >= 0.3 is 5.92 Å². The molecule has 0 aromatic heterocycles. The Morgan fingerprint density at radius 1 is 1.71 bits per heavy atom. The summed E-state index contributed by atoms with van der Waals surface area (Å²) in [6.45, 7) is -0.906. The summed E-state index contributed by atoms with van der Waals surface area (Å²) in [7, 11) is 0. The summed E-state index contributed by atoms with van der Waals surface area (Å²) in [4.78, 5) is 9.23. The molecule has 0 aliphatic heterocycles. The van der Waals surface area contributed by atoms with E-state index in [0.29, 0.717) is 0 Å². The standard InChI is InChI=1S/C3H5F2NO/c4-3(5,1-6)2-7/h2H,1,6H2. The number of carbonyl (C=O) groups excluding carboxylic acids is 1. The lowest BCUT2D eigenvalue weighted by atomic mass is 10.4. The fourth-order valence-electron chi connectivity index (χ4n) is 0.0481.